The molecule has 0 unspecified atom stereocenters. The second kappa shape index (κ2) is 5.19. The molecule has 0 amide bonds. The van der Waals surface area contributed by atoms with Crippen molar-refractivity contribution >= 4 is 0 Å². The molecular formula is C15H21NO2. The van der Waals surface area contributed by atoms with Crippen LogP contribution in [-0.4, -0.2) is 19.9 Å². The quantitative estimate of drug-likeness (QED) is 0.890. The lowest BCUT2D eigenvalue weighted by atomic mass is 9.90. The monoisotopic (exact) mass is 247 g/mol. The summed E-state index contributed by atoms with van der Waals surface area (Å²) < 4.78 is 10.9. The third-order valence-electron chi connectivity index (χ3n) is 4.11. The summed E-state index contributed by atoms with van der Waals surface area (Å²) in [6.07, 6.45) is 5.10. The van der Waals surface area contributed by atoms with Gasteiger partial charge in [0.05, 0.1) is 0 Å². The van der Waals surface area contributed by atoms with Crippen LogP contribution in [0.25, 0.3) is 0 Å². The van der Waals surface area contributed by atoms with Crippen LogP contribution in [0.15, 0.2) is 12.1 Å². The van der Waals surface area contributed by atoms with Gasteiger partial charge in [0.2, 0.25) is 6.79 Å². The number of ether oxygens (including phenoxy) is 2. The highest BCUT2D eigenvalue weighted by atomic mass is 16.7. The summed E-state index contributed by atoms with van der Waals surface area (Å²) >= 11 is 0. The molecule has 0 radical (unpaired) electrons. The smallest absolute Gasteiger partial charge is 0.231 e. The van der Waals surface area contributed by atoms with E-state index in [-0.39, 0.29) is 0 Å². The van der Waals surface area contributed by atoms with E-state index in [0.717, 1.165) is 23.8 Å². The van der Waals surface area contributed by atoms with Crippen LogP contribution in [0.3, 0.4) is 0 Å². The highest BCUT2D eigenvalue weighted by Gasteiger charge is 2.17. The van der Waals surface area contributed by atoms with Crippen LogP contribution in [0.1, 0.15) is 30.4 Å². The summed E-state index contributed by atoms with van der Waals surface area (Å²) in [4.78, 5) is 0. The Morgan fingerprint density at radius 2 is 1.89 bits per heavy atom. The number of hydrogen-bond donors (Lipinski definition) is 1. The Bertz CT molecular complexity index is 425. The summed E-state index contributed by atoms with van der Waals surface area (Å²) in [6.45, 7) is 4.90. The molecule has 2 heterocycles. The van der Waals surface area contributed by atoms with E-state index in [1.807, 2.05) is 0 Å². The van der Waals surface area contributed by atoms with E-state index in [4.69, 9.17) is 9.47 Å². The second-order valence-electron chi connectivity index (χ2n) is 5.36. The van der Waals surface area contributed by atoms with Gasteiger partial charge in [0.15, 0.2) is 11.5 Å². The Morgan fingerprint density at radius 1 is 1.17 bits per heavy atom. The fourth-order valence-electron chi connectivity index (χ4n) is 2.89. The summed E-state index contributed by atoms with van der Waals surface area (Å²) in [5, 5.41) is 3.42. The molecule has 98 valence electrons. The van der Waals surface area contributed by atoms with Crippen LogP contribution in [0.2, 0.25) is 0 Å². The number of piperidine rings is 1. The third-order valence-corrected chi connectivity index (χ3v) is 4.11. The van der Waals surface area contributed by atoms with Crippen LogP contribution < -0.4 is 14.8 Å². The van der Waals surface area contributed by atoms with E-state index in [0.29, 0.717) is 6.79 Å². The van der Waals surface area contributed by atoms with Gasteiger partial charge < -0.3 is 14.8 Å². The van der Waals surface area contributed by atoms with Gasteiger partial charge in [0.1, 0.15) is 0 Å². The van der Waals surface area contributed by atoms with Crippen molar-refractivity contribution in [2.45, 2.75) is 32.6 Å². The van der Waals surface area contributed by atoms with Crippen molar-refractivity contribution in [3.05, 3.63) is 23.3 Å². The minimum Gasteiger partial charge on any atom is -0.454 e. The van der Waals surface area contributed by atoms with E-state index >= 15 is 0 Å². The van der Waals surface area contributed by atoms with Crippen LogP contribution in [0, 0.1) is 12.8 Å². The summed E-state index contributed by atoms with van der Waals surface area (Å²) in [5.74, 6) is 2.70. The molecule has 3 nitrogen and oxygen atoms in total. The average molecular weight is 247 g/mol. The van der Waals surface area contributed by atoms with Crippen molar-refractivity contribution in [2.24, 2.45) is 5.92 Å². The molecule has 18 heavy (non-hydrogen) atoms. The highest BCUT2D eigenvalue weighted by Crippen LogP contribution is 2.35. The van der Waals surface area contributed by atoms with E-state index in [1.165, 1.54) is 43.5 Å². The molecule has 2 aliphatic heterocycles. The van der Waals surface area contributed by atoms with Gasteiger partial charge in [-0.25, -0.2) is 0 Å². The lowest BCUT2D eigenvalue weighted by Gasteiger charge is -2.22. The zero-order valence-electron chi connectivity index (χ0n) is 11.0. The van der Waals surface area contributed by atoms with Crippen LogP contribution in [-0.2, 0) is 6.42 Å². The predicted molar refractivity (Wildman–Crippen MR) is 71.2 cm³/mol. The van der Waals surface area contributed by atoms with Crippen LogP contribution in [0.5, 0.6) is 11.5 Å². The van der Waals surface area contributed by atoms with Crippen molar-refractivity contribution in [1.29, 1.82) is 0 Å². The SMILES string of the molecule is Cc1cc2c(cc1CCC1CCNCC1)OCO2. The Labute approximate surface area is 108 Å². The van der Waals surface area contributed by atoms with Crippen molar-refractivity contribution in [3.63, 3.8) is 0 Å². The van der Waals surface area contributed by atoms with Gasteiger partial charge in [-0.15, -0.1) is 0 Å². The Hall–Kier alpha value is -1.22. The van der Waals surface area contributed by atoms with Gasteiger partial charge in [-0.1, -0.05) is 0 Å². The van der Waals surface area contributed by atoms with Crippen molar-refractivity contribution in [2.75, 3.05) is 19.9 Å². The predicted octanol–water partition coefficient (Wildman–Crippen LogP) is 2.66. The van der Waals surface area contributed by atoms with Gasteiger partial charge in [-0.2, -0.15) is 0 Å². The Balaban J connectivity index is 1.65. The largest absolute Gasteiger partial charge is 0.454 e. The number of rotatable bonds is 3. The Morgan fingerprint density at radius 3 is 2.67 bits per heavy atom. The molecular weight excluding hydrogens is 226 g/mol. The summed E-state index contributed by atoms with van der Waals surface area (Å²) in [6, 6.07) is 4.28. The molecule has 0 saturated carbocycles. The molecule has 0 atom stereocenters. The van der Waals surface area contributed by atoms with Gasteiger partial charge in [0, 0.05) is 0 Å². The summed E-state index contributed by atoms with van der Waals surface area (Å²) in [7, 11) is 0. The number of nitrogens with one attached hydrogen (secondary N) is 1. The molecule has 3 rings (SSSR count). The van der Waals surface area contributed by atoms with Crippen molar-refractivity contribution in [3.8, 4) is 11.5 Å². The number of hydrogen-bond acceptors (Lipinski definition) is 3. The first-order valence-corrected chi connectivity index (χ1v) is 6.93. The first-order chi connectivity index (χ1) is 8.83. The lowest BCUT2D eigenvalue weighted by Crippen LogP contribution is -2.27. The summed E-state index contributed by atoms with van der Waals surface area (Å²) in [5.41, 5.74) is 2.74. The average Bonchev–Trinajstić information content (AvgIpc) is 2.84. The normalized spacial score (nSPS) is 19.2. The Kier molecular flexibility index (Phi) is 3.41. The van der Waals surface area contributed by atoms with Crippen LogP contribution in [0.4, 0.5) is 0 Å². The van der Waals surface area contributed by atoms with Crippen LogP contribution >= 0.6 is 0 Å². The van der Waals surface area contributed by atoms with E-state index in [9.17, 15) is 0 Å². The van der Waals surface area contributed by atoms with Crippen molar-refractivity contribution in [1.82, 2.24) is 5.32 Å². The molecule has 0 spiro atoms. The minimum atomic E-state index is 0.368. The molecule has 1 aromatic rings. The fraction of sp³-hybridized carbons (Fsp3) is 0.600. The number of fused-ring (bicyclic) bond motifs is 1. The minimum absolute atomic E-state index is 0.368. The molecule has 0 aromatic heterocycles. The van der Waals surface area contributed by atoms with Gasteiger partial charge in [-0.05, 0) is 74.9 Å². The highest BCUT2D eigenvalue weighted by molar-refractivity contribution is 5.48. The lowest BCUT2D eigenvalue weighted by molar-refractivity contribution is 0.174. The topological polar surface area (TPSA) is 30.5 Å². The number of benzene rings is 1. The van der Waals surface area contributed by atoms with E-state index in [2.05, 4.69) is 24.4 Å². The third kappa shape index (κ3) is 2.46. The maximum atomic E-state index is 5.45. The zero-order chi connectivity index (χ0) is 12.4. The molecule has 0 bridgehead atoms. The first-order valence-electron chi connectivity index (χ1n) is 6.93. The molecule has 1 N–H and O–H groups in total. The molecule has 3 heteroatoms. The van der Waals surface area contributed by atoms with E-state index in [1.54, 1.807) is 0 Å². The standard InChI is InChI=1S/C15H21NO2/c1-11-8-14-15(18-10-17-14)9-13(11)3-2-12-4-6-16-7-5-12/h8-9,12,16H,2-7,10H2,1H3. The molecule has 1 fully saturated rings. The second-order valence-corrected chi connectivity index (χ2v) is 5.36. The maximum Gasteiger partial charge on any atom is 0.231 e. The maximum absolute atomic E-state index is 5.45. The van der Waals surface area contributed by atoms with Gasteiger partial charge in [-0.3, -0.25) is 0 Å². The fourth-order valence-corrected chi connectivity index (χ4v) is 2.89. The van der Waals surface area contributed by atoms with Gasteiger partial charge in [0.25, 0.3) is 0 Å². The molecule has 1 aromatic carbocycles. The first kappa shape index (κ1) is 11.8. The molecule has 2 aliphatic rings. The number of aryl methyl sites for hydroxylation is 2. The molecule has 0 aliphatic carbocycles. The van der Waals surface area contributed by atoms with E-state index < -0.39 is 0 Å². The van der Waals surface area contributed by atoms with Crippen molar-refractivity contribution < 1.29 is 9.47 Å². The zero-order valence-corrected chi connectivity index (χ0v) is 11.0. The van der Waals surface area contributed by atoms with Gasteiger partial charge >= 0.3 is 0 Å². The molecule has 1 saturated heterocycles.